The van der Waals surface area contributed by atoms with Gasteiger partial charge in [-0.15, -0.1) is 0 Å². The van der Waals surface area contributed by atoms with Crippen molar-refractivity contribution in [3.05, 3.63) is 24.3 Å². The highest BCUT2D eigenvalue weighted by Gasteiger charge is 2.27. The Morgan fingerprint density at radius 1 is 1.29 bits per heavy atom. The molecule has 5 heteroatoms. The molecule has 90 valence electrons. The van der Waals surface area contributed by atoms with Crippen LogP contribution in [0.4, 0.5) is 11.4 Å². The maximum absolute atomic E-state index is 11.9. The standard InChI is InChI=1S/C12H15N3O2/c1-9(16)14-6-7-15(12(17)8-14)11-5-3-2-4-10(11)13/h2-5H,6-8,13H2,1H3. The second-order valence-corrected chi connectivity index (χ2v) is 4.04. The van der Waals surface area contributed by atoms with Crippen LogP contribution < -0.4 is 10.6 Å². The fraction of sp³-hybridized carbons (Fsp3) is 0.333. The van der Waals surface area contributed by atoms with Gasteiger partial charge >= 0.3 is 0 Å². The predicted molar refractivity (Wildman–Crippen MR) is 65.5 cm³/mol. The van der Waals surface area contributed by atoms with E-state index in [1.54, 1.807) is 11.0 Å². The molecule has 1 heterocycles. The molecular weight excluding hydrogens is 218 g/mol. The Morgan fingerprint density at radius 3 is 2.59 bits per heavy atom. The molecule has 0 spiro atoms. The smallest absolute Gasteiger partial charge is 0.246 e. The quantitative estimate of drug-likeness (QED) is 0.717. The third-order valence-electron chi connectivity index (χ3n) is 2.89. The summed E-state index contributed by atoms with van der Waals surface area (Å²) in [6, 6.07) is 7.25. The first-order chi connectivity index (χ1) is 8.09. The number of piperazine rings is 1. The Labute approximate surface area is 99.8 Å². The number of amides is 2. The van der Waals surface area contributed by atoms with Crippen molar-refractivity contribution in [2.24, 2.45) is 0 Å². The van der Waals surface area contributed by atoms with Crippen molar-refractivity contribution in [3.63, 3.8) is 0 Å². The van der Waals surface area contributed by atoms with Gasteiger partial charge in [0.25, 0.3) is 0 Å². The zero-order valence-corrected chi connectivity index (χ0v) is 9.72. The van der Waals surface area contributed by atoms with Crippen molar-refractivity contribution in [2.75, 3.05) is 30.3 Å². The zero-order valence-electron chi connectivity index (χ0n) is 9.72. The number of hydrogen-bond donors (Lipinski definition) is 1. The molecular formula is C12H15N3O2. The number of benzene rings is 1. The van der Waals surface area contributed by atoms with Crippen LogP contribution in [0.25, 0.3) is 0 Å². The van der Waals surface area contributed by atoms with Gasteiger partial charge in [0.05, 0.1) is 11.4 Å². The van der Waals surface area contributed by atoms with Crippen molar-refractivity contribution in [3.8, 4) is 0 Å². The van der Waals surface area contributed by atoms with Crippen molar-refractivity contribution in [1.29, 1.82) is 0 Å². The lowest BCUT2D eigenvalue weighted by atomic mass is 10.2. The van der Waals surface area contributed by atoms with E-state index in [1.807, 2.05) is 18.2 Å². The summed E-state index contributed by atoms with van der Waals surface area (Å²) in [7, 11) is 0. The lowest BCUT2D eigenvalue weighted by Crippen LogP contribution is -2.52. The van der Waals surface area contributed by atoms with Crippen LogP contribution in [0.3, 0.4) is 0 Å². The predicted octanol–water partition coefficient (Wildman–Crippen LogP) is 0.464. The van der Waals surface area contributed by atoms with Crippen LogP contribution in [0.1, 0.15) is 6.92 Å². The minimum absolute atomic E-state index is 0.0703. The van der Waals surface area contributed by atoms with Gasteiger partial charge < -0.3 is 15.5 Å². The Kier molecular flexibility index (Phi) is 2.99. The maximum Gasteiger partial charge on any atom is 0.246 e. The van der Waals surface area contributed by atoms with E-state index in [4.69, 9.17) is 5.73 Å². The second kappa shape index (κ2) is 4.45. The van der Waals surface area contributed by atoms with Crippen molar-refractivity contribution >= 4 is 23.2 Å². The number of carbonyl (C=O) groups is 2. The Morgan fingerprint density at radius 2 is 2.00 bits per heavy atom. The molecule has 0 saturated carbocycles. The number of para-hydroxylation sites is 2. The number of nitrogens with zero attached hydrogens (tertiary/aromatic N) is 2. The minimum Gasteiger partial charge on any atom is -0.397 e. The highest BCUT2D eigenvalue weighted by molar-refractivity contribution is 5.99. The second-order valence-electron chi connectivity index (χ2n) is 4.04. The summed E-state index contributed by atoms with van der Waals surface area (Å²) in [5.41, 5.74) is 7.14. The summed E-state index contributed by atoms with van der Waals surface area (Å²) in [6.07, 6.45) is 0. The van der Waals surface area contributed by atoms with Crippen LogP contribution in [0.15, 0.2) is 24.3 Å². The van der Waals surface area contributed by atoms with Gasteiger partial charge in [-0.3, -0.25) is 9.59 Å². The van der Waals surface area contributed by atoms with Crippen LogP contribution in [-0.4, -0.2) is 36.3 Å². The number of nitrogen functional groups attached to an aromatic ring is 1. The number of nitrogens with two attached hydrogens (primary N) is 1. The van der Waals surface area contributed by atoms with E-state index in [0.29, 0.717) is 18.8 Å². The molecule has 0 atom stereocenters. The van der Waals surface area contributed by atoms with Crippen LogP contribution in [-0.2, 0) is 9.59 Å². The fourth-order valence-electron chi connectivity index (χ4n) is 1.93. The molecule has 1 fully saturated rings. The summed E-state index contributed by atoms with van der Waals surface area (Å²) in [4.78, 5) is 26.3. The number of anilines is 2. The first-order valence-electron chi connectivity index (χ1n) is 5.50. The van der Waals surface area contributed by atoms with E-state index >= 15 is 0 Å². The van der Waals surface area contributed by atoms with Gasteiger partial charge in [-0.25, -0.2) is 0 Å². The lowest BCUT2D eigenvalue weighted by molar-refractivity contribution is -0.135. The van der Waals surface area contributed by atoms with Crippen LogP contribution in [0, 0.1) is 0 Å². The van der Waals surface area contributed by atoms with Gasteiger partial charge in [0.15, 0.2) is 0 Å². The fourth-order valence-corrected chi connectivity index (χ4v) is 1.93. The maximum atomic E-state index is 11.9. The molecule has 17 heavy (non-hydrogen) atoms. The molecule has 1 aliphatic rings. The Balaban J connectivity index is 2.18. The van der Waals surface area contributed by atoms with Gasteiger partial charge in [0, 0.05) is 20.0 Å². The summed E-state index contributed by atoms with van der Waals surface area (Å²) in [6.45, 7) is 2.64. The summed E-state index contributed by atoms with van der Waals surface area (Å²) >= 11 is 0. The van der Waals surface area contributed by atoms with E-state index in [1.165, 1.54) is 11.8 Å². The topological polar surface area (TPSA) is 66.6 Å². The third kappa shape index (κ3) is 2.22. The molecule has 0 aliphatic carbocycles. The lowest BCUT2D eigenvalue weighted by Gasteiger charge is -2.34. The number of rotatable bonds is 1. The molecule has 1 aliphatic heterocycles. The molecule has 1 aromatic carbocycles. The van der Waals surface area contributed by atoms with Crippen LogP contribution in [0.2, 0.25) is 0 Å². The van der Waals surface area contributed by atoms with Gasteiger partial charge in [0.1, 0.15) is 6.54 Å². The average molecular weight is 233 g/mol. The van der Waals surface area contributed by atoms with Gasteiger partial charge in [-0.1, -0.05) is 12.1 Å². The molecule has 2 N–H and O–H groups in total. The van der Waals surface area contributed by atoms with E-state index in [-0.39, 0.29) is 18.4 Å². The molecule has 0 unspecified atom stereocenters. The van der Waals surface area contributed by atoms with Crippen molar-refractivity contribution in [1.82, 2.24) is 4.90 Å². The Hall–Kier alpha value is -2.04. The summed E-state index contributed by atoms with van der Waals surface area (Å²) in [5.74, 6) is -0.164. The number of carbonyl (C=O) groups excluding carboxylic acids is 2. The van der Waals surface area contributed by atoms with E-state index in [0.717, 1.165) is 5.69 Å². The zero-order chi connectivity index (χ0) is 12.4. The molecule has 0 bridgehead atoms. The molecule has 5 nitrogen and oxygen atoms in total. The van der Waals surface area contributed by atoms with Crippen LogP contribution >= 0.6 is 0 Å². The van der Waals surface area contributed by atoms with Crippen LogP contribution in [0.5, 0.6) is 0 Å². The SMILES string of the molecule is CC(=O)N1CCN(c2ccccc2N)C(=O)C1. The molecule has 2 rings (SSSR count). The van der Waals surface area contributed by atoms with E-state index in [2.05, 4.69) is 0 Å². The largest absolute Gasteiger partial charge is 0.397 e. The minimum atomic E-state index is -0.0932. The summed E-state index contributed by atoms with van der Waals surface area (Å²) in [5, 5.41) is 0. The average Bonchev–Trinajstić information content (AvgIpc) is 2.30. The molecule has 1 aromatic rings. The first-order valence-corrected chi connectivity index (χ1v) is 5.50. The normalized spacial score (nSPS) is 16.2. The van der Waals surface area contributed by atoms with Gasteiger partial charge in [0.2, 0.25) is 11.8 Å². The van der Waals surface area contributed by atoms with Crippen molar-refractivity contribution in [2.45, 2.75) is 6.92 Å². The molecule has 1 saturated heterocycles. The van der Waals surface area contributed by atoms with Gasteiger partial charge in [-0.2, -0.15) is 0 Å². The molecule has 2 amide bonds. The third-order valence-corrected chi connectivity index (χ3v) is 2.89. The summed E-state index contributed by atoms with van der Waals surface area (Å²) < 4.78 is 0. The molecule has 0 aromatic heterocycles. The number of hydrogen-bond acceptors (Lipinski definition) is 3. The first kappa shape index (κ1) is 11.4. The van der Waals surface area contributed by atoms with E-state index < -0.39 is 0 Å². The Bertz CT molecular complexity index is 459. The monoisotopic (exact) mass is 233 g/mol. The highest BCUT2D eigenvalue weighted by atomic mass is 16.2. The molecule has 0 radical (unpaired) electrons. The van der Waals surface area contributed by atoms with Gasteiger partial charge in [-0.05, 0) is 12.1 Å². The highest BCUT2D eigenvalue weighted by Crippen LogP contribution is 2.24. The van der Waals surface area contributed by atoms with E-state index in [9.17, 15) is 9.59 Å². The van der Waals surface area contributed by atoms with Crippen molar-refractivity contribution < 1.29 is 9.59 Å².